The molecule has 0 spiro atoms. The van der Waals surface area contributed by atoms with Crippen LogP contribution in [0.2, 0.25) is 5.02 Å². The zero-order chi connectivity index (χ0) is 15.6. The molecule has 0 aliphatic carbocycles. The number of aromatic nitrogens is 2. The first-order valence-corrected chi connectivity index (χ1v) is 6.99. The summed E-state index contributed by atoms with van der Waals surface area (Å²) in [7, 11) is 1.43. The molecule has 0 unspecified atom stereocenters. The van der Waals surface area contributed by atoms with E-state index in [4.69, 9.17) is 11.6 Å². The van der Waals surface area contributed by atoms with Gasteiger partial charge in [-0.1, -0.05) is 35.5 Å². The molecule has 1 heterocycles. The van der Waals surface area contributed by atoms with Gasteiger partial charge in [-0.25, -0.2) is 0 Å². The third-order valence-electron chi connectivity index (χ3n) is 2.60. The summed E-state index contributed by atoms with van der Waals surface area (Å²) in [4.78, 5) is 20.2. The van der Waals surface area contributed by atoms with E-state index in [9.17, 15) is 20.2 Å². The van der Waals surface area contributed by atoms with E-state index in [-0.39, 0.29) is 5.03 Å². The van der Waals surface area contributed by atoms with Crippen LogP contribution in [0.5, 0.6) is 0 Å². The van der Waals surface area contributed by atoms with Crippen LogP contribution in [-0.2, 0) is 12.8 Å². The first-order chi connectivity index (χ1) is 9.90. The minimum atomic E-state index is -0.857. The minimum absolute atomic E-state index is 0.140. The normalized spacial score (nSPS) is 10.6. The third-order valence-corrected chi connectivity index (χ3v) is 4.06. The molecule has 0 radical (unpaired) electrons. The molecule has 2 rings (SSSR count). The zero-order valence-corrected chi connectivity index (χ0v) is 12.3. The van der Waals surface area contributed by atoms with Crippen LogP contribution in [-0.4, -0.2) is 19.6 Å². The van der Waals surface area contributed by atoms with Crippen molar-refractivity contribution in [2.45, 2.75) is 10.8 Å². The second-order valence-electron chi connectivity index (χ2n) is 4.03. The van der Waals surface area contributed by atoms with Gasteiger partial charge in [-0.15, -0.1) is 0 Å². The van der Waals surface area contributed by atoms with Gasteiger partial charge in [0.2, 0.25) is 5.03 Å². The van der Waals surface area contributed by atoms with E-state index in [2.05, 4.69) is 5.10 Å². The molecule has 110 valence electrons. The molecule has 21 heavy (non-hydrogen) atoms. The number of thioether (sulfide) groups is 1. The Kier molecular flexibility index (Phi) is 4.43. The van der Waals surface area contributed by atoms with Crippen molar-refractivity contribution >= 4 is 34.9 Å². The molecule has 0 aliphatic rings. The maximum absolute atomic E-state index is 11.0. The van der Waals surface area contributed by atoms with E-state index in [0.29, 0.717) is 10.8 Å². The number of hydrogen-bond donors (Lipinski definition) is 0. The van der Waals surface area contributed by atoms with Crippen LogP contribution in [0.1, 0.15) is 5.56 Å². The molecule has 0 saturated carbocycles. The van der Waals surface area contributed by atoms with Crippen molar-refractivity contribution in [3.8, 4) is 0 Å². The van der Waals surface area contributed by atoms with Crippen LogP contribution in [0.3, 0.4) is 0 Å². The lowest BCUT2D eigenvalue weighted by Crippen LogP contribution is -1.95. The molecule has 10 heteroatoms. The topological polar surface area (TPSA) is 104 Å². The lowest BCUT2D eigenvalue weighted by molar-refractivity contribution is -0.426. The lowest BCUT2D eigenvalue weighted by atomic mass is 10.2. The molecule has 0 N–H and O–H groups in total. The first-order valence-electron chi connectivity index (χ1n) is 5.63. The van der Waals surface area contributed by atoms with Gasteiger partial charge in [0.15, 0.2) is 0 Å². The van der Waals surface area contributed by atoms with Gasteiger partial charge in [-0.05, 0) is 22.6 Å². The van der Waals surface area contributed by atoms with Crippen molar-refractivity contribution in [3.63, 3.8) is 0 Å². The molecule has 1 aromatic heterocycles. The molecule has 0 amide bonds. The van der Waals surface area contributed by atoms with Crippen LogP contribution in [0.4, 0.5) is 11.5 Å². The Morgan fingerprint density at radius 2 is 1.86 bits per heavy atom. The highest BCUT2D eigenvalue weighted by Gasteiger charge is 2.36. The molecular weight excluding hydrogens is 320 g/mol. The van der Waals surface area contributed by atoms with E-state index >= 15 is 0 Å². The lowest BCUT2D eigenvalue weighted by Gasteiger charge is -2.00. The third kappa shape index (κ3) is 3.31. The number of benzene rings is 1. The predicted octanol–water partition coefficient (Wildman–Crippen LogP) is 3.18. The number of nitrogens with zero attached hydrogens (tertiary/aromatic N) is 4. The van der Waals surface area contributed by atoms with Crippen molar-refractivity contribution in [1.82, 2.24) is 9.78 Å². The standard InChI is InChI=1S/C11H9ClN4O4S/c1-14-11(9(15(17)18)10(13-14)16(19)20)21-6-7-2-4-8(12)5-3-7/h2-5H,6H2,1H3. The van der Waals surface area contributed by atoms with Crippen molar-refractivity contribution in [1.29, 1.82) is 0 Å². The summed E-state index contributed by atoms with van der Waals surface area (Å²) < 4.78 is 1.15. The van der Waals surface area contributed by atoms with Gasteiger partial charge in [0.25, 0.3) is 0 Å². The Labute approximate surface area is 128 Å². The van der Waals surface area contributed by atoms with E-state index in [1.165, 1.54) is 7.05 Å². The van der Waals surface area contributed by atoms with E-state index in [1.807, 2.05) is 0 Å². The van der Waals surface area contributed by atoms with Gasteiger partial charge in [-0.3, -0.25) is 10.1 Å². The molecule has 1 aromatic carbocycles. The van der Waals surface area contributed by atoms with Crippen molar-refractivity contribution in [3.05, 3.63) is 55.1 Å². The van der Waals surface area contributed by atoms with Crippen LogP contribution in [0, 0.1) is 20.2 Å². The van der Waals surface area contributed by atoms with Gasteiger partial charge in [0, 0.05) is 10.8 Å². The molecule has 0 saturated heterocycles. The maximum atomic E-state index is 11.0. The Balaban J connectivity index is 2.29. The number of nitro groups is 2. The highest BCUT2D eigenvalue weighted by atomic mass is 35.5. The van der Waals surface area contributed by atoms with Crippen LogP contribution in [0.25, 0.3) is 0 Å². The quantitative estimate of drug-likeness (QED) is 0.474. The predicted molar refractivity (Wildman–Crippen MR) is 77.5 cm³/mol. The van der Waals surface area contributed by atoms with Gasteiger partial charge in [-0.2, -0.15) is 4.68 Å². The fourth-order valence-corrected chi connectivity index (χ4v) is 2.81. The monoisotopic (exact) mass is 328 g/mol. The van der Waals surface area contributed by atoms with Crippen molar-refractivity contribution in [2.75, 3.05) is 0 Å². The van der Waals surface area contributed by atoms with E-state index in [0.717, 1.165) is 22.0 Å². The van der Waals surface area contributed by atoms with Gasteiger partial charge >= 0.3 is 11.5 Å². The Morgan fingerprint density at radius 1 is 1.24 bits per heavy atom. The molecule has 0 fully saturated rings. The second kappa shape index (κ2) is 6.10. The summed E-state index contributed by atoms with van der Waals surface area (Å²) in [5.74, 6) is -0.338. The first kappa shape index (κ1) is 15.3. The van der Waals surface area contributed by atoms with E-state index in [1.54, 1.807) is 24.3 Å². The molecule has 0 atom stereocenters. The summed E-state index contributed by atoms with van der Waals surface area (Å²) in [6.07, 6.45) is 0. The maximum Gasteiger partial charge on any atom is 0.469 e. The average Bonchev–Trinajstić information content (AvgIpc) is 2.75. The highest BCUT2D eigenvalue weighted by Crippen LogP contribution is 2.37. The Bertz CT molecular complexity index is 701. The molecule has 0 bridgehead atoms. The Morgan fingerprint density at radius 3 is 2.38 bits per heavy atom. The summed E-state index contributed by atoms with van der Waals surface area (Å²) in [6.45, 7) is 0. The van der Waals surface area contributed by atoms with Gasteiger partial charge in [0.05, 0.1) is 17.1 Å². The van der Waals surface area contributed by atoms with E-state index < -0.39 is 21.4 Å². The molecule has 8 nitrogen and oxygen atoms in total. The smallest absolute Gasteiger partial charge is 0.358 e. The van der Waals surface area contributed by atoms with Crippen molar-refractivity contribution in [2.24, 2.45) is 7.05 Å². The van der Waals surface area contributed by atoms with Crippen molar-refractivity contribution < 1.29 is 9.85 Å². The number of halogens is 1. The van der Waals surface area contributed by atoms with Gasteiger partial charge in [0.1, 0.15) is 0 Å². The fourth-order valence-electron chi connectivity index (χ4n) is 1.66. The summed E-state index contributed by atoms with van der Waals surface area (Å²) >= 11 is 6.88. The largest absolute Gasteiger partial charge is 0.469 e. The number of aryl methyl sites for hydroxylation is 1. The average molecular weight is 329 g/mol. The number of rotatable bonds is 5. The molecular formula is C11H9ClN4O4S. The number of hydrogen-bond acceptors (Lipinski definition) is 6. The van der Waals surface area contributed by atoms with Crippen LogP contribution < -0.4 is 0 Å². The second-order valence-corrected chi connectivity index (χ2v) is 5.43. The zero-order valence-electron chi connectivity index (χ0n) is 10.7. The van der Waals surface area contributed by atoms with Gasteiger partial charge < -0.3 is 10.1 Å². The fraction of sp³-hybridized carbons (Fsp3) is 0.182. The SMILES string of the molecule is Cn1nc([N+](=O)[O-])c([N+](=O)[O-])c1SCc1ccc(Cl)cc1. The Hall–Kier alpha value is -2.13. The van der Waals surface area contributed by atoms with Crippen LogP contribution >= 0.6 is 23.4 Å². The summed E-state index contributed by atoms with van der Waals surface area (Å²) in [5, 5.41) is 26.2. The summed E-state index contributed by atoms with van der Waals surface area (Å²) in [6, 6.07) is 6.98. The summed E-state index contributed by atoms with van der Waals surface area (Å²) in [5.41, 5.74) is 0.309. The molecule has 2 aromatic rings. The minimum Gasteiger partial charge on any atom is -0.358 e. The highest BCUT2D eigenvalue weighted by molar-refractivity contribution is 7.98. The van der Waals surface area contributed by atoms with Crippen LogP contribution in [0.15, 0.2) is 29.3 Å². The molecule has 0 aliphatic heterocycles.